The second kappa shape index (κ2) is 14.6. The van der Waals surface area contributed by atoms with Gasteiger partial charge in [-0.15, -0.1) is 13.2 Å². The summed E-state index contributed by atoms with van der Waals surface area (Å²) in [6.45, 7) is 7.49. The average molecular weight is 646 g/mol. The molecule has 2 aromatic rings. The van der Waals surface area contributed by atoms with Crippen LogP contribution in [0, 0.1) is 17.8 Å². The largest absolute Gasteiger partial charge is 0.497 e. The van der Waals surface area contributed by atoms with Crippen molar-refractivity contribution in [1.82, 2.24) is 15.1 Å². The first-order chi connectivity index (χ1) is 21.6. The van der Waals surface area contributed by atoms with E-state index in [1.54, 1.807) is 19.3 Å². The van der Waals surface area contributed by atoms with Crippen molar-refractivity contribution in [3.8, 4) is 11.5 Å². The van der Waals surface area contributed by atoms with Crippen LogP contribution in [0.15, 0.2) is 49.6 Å². The molecule has 2 N–H and O–H groups in total. The Bertz CT molecular complexity index is 1440. The quantitative estimate of drug-likeness (QED) is 0.107. The predicted octanol–water partition coefficient (Wildman–Crippen LogP) is 3.95. The zero-order valence-electron chi connectivity index (χ0n) is 25.9. The Labute approximate surface area is 267 Å². The number of benzene rings is 1. The molecule has 13 heteroatoms. The van der Waals surface area contributed by atoms with Crippen LogP contribution in [0.2, 0.25) is 0 Å². The molecule has 3 fully saturated rings. The van der Waals surface area contributed by atoms with E-state index in [-0.39, 0.29) is 42.3 Å². The number of methoxy groups -OCH3 is 3. The van der Waals surface area contributed by atoms with Gasteiger partial charge < -0.3 is 24.3 Å². The molecule has 0 radical (unpaired) electrons. The van der Waals surface area contributed by atoms with Crippen LogP contribution in [-0.4, -0.2) is 68.5 Å². The summed E-state index contributed by atoms with van der Waals surface area (Å²) in [6.07, 6.45) is 6.36. The van der Waals surface area contributed by atoms with Gasteiger partial charge in [0.1, 0.15) is 29.2 Å². The molecule has 1 amide bonds. The summed E-state index contributed by atoms with van der Waals surface area (Å²) in [7, 11) is 5.71. The Morgan fingerprint density at radius 2 is 1.67 bits per heavy atom. The van der Waals surface area contributed by atoms with Crippen molar-refractivity contribution in [2.75, 3.05) is 28.4 Å². The van der Waals surface area contributed by atoms with E-state index in [1.165, 1.54) is 21.3 Å². The molecule has 0 aliphatic heterocycles. The molecular weight excluding hydrogens is 606 g/mol. The maximum absolute atomic E-state index is 13.0. The van der Waals surface area contributed by atoms with E-state index in [4.69, 9.17) is 35.8 Å². The summed E-state index contributed by atoms with van der Waals surface area (Å²) in [5.74, 6) is 0.191. The molecule has 3 aliphatic carbocycles. The lowest BCUT2D eigenvalue weighted by atomic mass is 10.1. The van der Waals surface area contributed by atoms with Crippen LogP contribution in [0.3, 0.4) is 0 Å². The minimum Gasteiger partial charge on any atom is -0.497 e. The lowest BCUT2D eigenvalue weighted by Gasteiger charge is -2.20. The van der Waals surface area contributed by atoms with Crippen molar-refractivity contribution in [2.45, 2.75) is 55.9 Å². The first-order valence-electron chi connectivity index (χ1n) is 14.6. The van der Waals surface area contributed by atoms with Crippen LogP contribution in [0.4, 0.5) is 0 Å². The second-order valence-electron chi connectivity index (χ2n) is 11.3. The Morgan fingerprint density at radius 3 is 2.24 bits per heavy atom. The second-order valence-corrected chi connectivity index (χ2v) is 11.5. The van der Waals surface area contributed by atoms with Crippen LogP contribution < -0.4 is 19.6 Å². The van der Waals surface area contributed by atoms with Gasteiger partial charge in [-0.3, -0.25) is 4.79 Å². The first kappa shape index (κ1) is 34.2. The number of pyridine rings is 1. The van der Waals surface area contributed by atoms with Crippen molar-refractivity contribution >= 4 is 40.5 Å². The number of halogens is 1. The maximum atomic E-state index is 13.0. The number of hydrogen-bond acceptors (Lipinski definition) is 11. The number of carbonyl (C=O) groups excluding carboxylic acids is 3. The van der Waals surface area contributed by atoms with Gasteiger partial charge in [0.05, 0.1) is 45.8 Å². The van der Waals surface area contributed by atoms with Gasteiger partial charge in [0.2, 0.25) is 5.91 Å². The Morgan fingerprint density at radius 1 is 1.00 bits per heavy atom. The Kier molecular flexibility index (Phi) is 11.1. The highest BCUT2D eigenvalue weighted by molar-refractivity contribution is 6.16. The Balaban J connectivity index is 0.000000354. The highest BCUT2D eigenvalue weighted by Crippen LogP contribution is 2.46. The van der Waals surface area contributed by atoms with Crippen molar-refractivity contribution in [1.29, 1.82) is 0 Å². The van der Waals surface area contributed by atoms with Crippen LogP contribution in [0.5, 0.6) is 11.5 Å². The summed E-state index contributed by atoms with van der Waals surface area (Å²) < 4.78 is 21.2. The van der Waals surface area contributed by atoms with E-state index < -0.39 is 17.0 Å². The molecule has 5 rings (SSSR count). The topological polar surface area (TPSA) is 144 Å². The Hall–Kier alpha value is -3.71. The molecular formula is C32H40ClN3O9. The third kappa shape index (κ3) is 7.25. The number of nitrogens with one attached hydrogen (secondary N) is 2. The molecule has 0 bridgehead atoms. The third-order valence-electron chi connectivity index (χ3n) is 8.62. The zero-order valence-corrected chi connectivity index (χ0v) is 26.7. The summed E-state index contributed by atoms with van der Waals surface area (Å²) in [5, 5.41) is 3.76. The van der Waals surface area contributed by atoms with Gasteiger partial charge >= 0.3 is 11.9 Å². The van der Waals surface area contributed by atoms with Gasteiger partial charge in [-0.05, 0) is 56.0 Å². The van der Waals surface area contributed by atoms with E-state index in [0.29, 0.717) is 48.4 Å². The van der Waals surface area contributed by atoms with Crippen molar-refractivity contribution in [3.63, 3.8) is 0 Å². The molecule has 2 unspecified atom stereocenters. The maximum Gasteiger partial charge on any atom is 0.332 e. The summed E-state index contributed by atoms with van der Waals surface area (Å²) >= 11 is 5.40. The number of nitrogens with zero attached hydrogens (tertiary/aromatic N) is 1. The van der Waals surface area contributed by atoms with Crippen molar-refractivity contribution < 1.29 is 43.1 Å². The summed E-state index contributed by atoms with van der Waals surface area (Å²) in [6, 6.07) is 7.41. The summed E-state index contributed by atoms with van der Waals surface area (Å²) in [4.78, 5) is 53.1. The van der Waals surface area contributed by atoms with Crippen LogP contribution >= 0.6 is 11.8 Å². The minimum atomic E-state index is -0.983. The normalized spacial score (nSPS) is 27.8. The molecule has 6 atom stereocenters. The average Bonchev–Trinajstić information content (AvgIpc) is 3.93. The van der Waals surface area contributed by atoms with Crippen LogP contribution in [0.1, 0.15) is 37.8 Å². The highest BCUT2D eigenvalue weighted by Gasteiger charge is 2.61. The number of fused-ring (bicyclic) bond motifs is 1. The smallest absolute Gasteiger partial charge is 0.332 e. The minimum absolute atomic E-state index is 0.104. The fraction of sp³-hybridized carbons (Fsp3) is 0.500. The summed E-state index contributed by atoms with van der Waals surface area (Å²) in [5.41, 5.74) is -0.321. The molecule has 12 nitrogen and oxygen atoms in total. The lowest BCUT2D eigenvalue weighted by molar-refractivity contribution is -0.282. The number of esters is 2. The van der Waals surface area contributed by atoms with Crippen LogP contribution in [-0.2, 0) is 40.2 Å². The number of hydrogen-bond donors (Lipinski definition) is 2. The van der Waals surface area contributed by atoms with Gasteiger partial charge in [-0.1, -0.05) is 12.2 Å². The zero-order chi connectivity index (χ0) is 32.8. The van der Waals surface area contributed by atoms with E-state index in [1.807, 2.05) is 24.3 Å². The number of carbonyl (C=O) groups is 3. The molecule has 0 saturated heterocycles. The SMILES string of the molecule is C=CC1C[C@]1(NCl)C(=O)OC.C=C[C@H]1C[C@]1(NC(=O)[C@H]1CCC(Oc2cc(COOC)nc3cc(OC)ccc23)C1)C(=O)OC. The number of ether oxygens (including phenoxy) is 4. The highest BCUT2D eigenvalue weighted by atomic mass is 35.5. The third-order valence-corrected chi connectivity index (χ3v) is 8.96. The van der Waals surface area contributed by atoms with E-state index in [0.717, 1.165) is 11.8 Å². The first-order valence-corrected chi connectivity index (χ1v) is 14.9. The molecule has 45 heavy (non-hydrogen) atoms. The lowest BCUT2D eigenvalue weighted by Crippen LogP contribution is -2.47. The fourth-order valence-electron chi connectivity index (χ4n) is 5.75. The molecule has 244 valence electrons. The number of aromatic nitrogens is 1. The van der Waals surface area contributed by atoms with Gasteiger partial charge in [-0.25, -0.2) is 29.2 Å². The van der Waals surface area contributed by atoms with Crippen molar-refractivity contribution in [3.05, 3.63) is 55.3 Å². The molecule has 3 aliphatic rings. The van der Waals surface area contributed by atoms with Gasteiger partial charge in [0, 0.05) is 35.3 Å². The van der Waals surface area contributed by atoms with E-state index >= 15 is 0 Å². The van der Waals surface area contributed by atoms with Gasteiger partial charge in [0.25, 0.3) is 0 Å². The number of rotatable bonds is 13. The molecule has 1 aromatic carbocycles. The van der Waals surface area contributed by atoms with E-state index in [2.05, 4.69) is 33.0 Å². The fourth-order valence-corrected chi connectivity index (χ4v) is 6.05. The molecule has 1 heterocycles. The van der Waals surface area contributed by atoms with Crippen LogP contribution in [0.25, 0.3) is 10.9 Å². The predicted molar refractivity (Wildman–Crippen MR) is 165 cm³/mol. The number of amides is 1. The standard InChI is InChI=1S/C25H30N2O7.C7H10ClNO2/c1-5-16-13-25(16,24(29)31-3)27-23(28)15-6-7-19(10-15)34-22-11-17(14-33-32-4)26-21-12-18(30-2)8-9-20(21)22;1-3-5-4-7(5,9-8)6(10)11-2/h5,8-9,11-12,15-16,19H,1,6-7,10,13-14H2,2-4H3,(H,27,28);3,5,9H,1,4H2,2H3/t15-,16-,19?,25+;5?,7-/m01/s1. The van der Waals surface area contributed by atoms with Gasteiger partial charge in [0.15, 0.2) is 0 Å². The van der Waals surface area contributed by atoms with E-state index in [9.17, 15) is 14.4 Å². The van der Waals surface area contributed by atoms with Gasteiger partial charge in [-0.2, -0.15) is 0 Å². The molecule has 1 aromatic heterocycles. The monoisotopic (exact) mass is 645 g/mol. The molecule has 3 saturated carbocycles. The van der Waals surface area contributed by atoms with Crippen molar-refractivity contribution in [2.24, 2.45) is 17.8 Å². The molecule has 0 spiro atoms.